The predicted molar refractivity (Wildman–Crippen MR) is 128 cm³/mol. The monoisotopic (exact) mass is 438 g/mol. The van der Waals surface area contributed by atoms with Gasteiger partial charge >= 0.3 is 5.97 Å². The summed E-state index contributed by atoms with van der Waals surface area (Å²) in [5, 5.41) is 17.6. The van der Waals surface area contributed by atoms with E-state index in [0.717, 1.165) is 11.1 Å². The van der Waals surface area contributed by atoms with Gasteiger partial charge in [-0.15, -0.1) is 0 Å². The van der Waals surface area contributed by atoms with Crippen molar-refractivity contribution in [2.75, 3.05) is 17.2 Å². The summed E-state index contributed by atoms with van der Waals surface area (Å²) in [4.78, 5) is 24.8. The van der Waals surface area contributed by atoms with Crippen LogP contribution < -0.4 is 10.6 Å². The molecule has 0 fully saturated rings. The van der Waals surface area contributed by atoms with Crippen LogP contribution in [0.4, 0.5) is 11.8 Å². The van der Waals surface area contributed by atoms with Crippen LogP contribution in [-0.2, 0) is 17.9 Å². The average molecular weight is 438 g/mol. The third-order valence-corrected chi connectivity index (χ3v) is 5.39. The molecule has 0 spiro atoms. The Bertz CT molecular complexity index is 1430. The first-order valence-electron chi connectivity index (χ1n) is 10.6. The first-order chi connectivity index (χ1) is 16.2. The van der Waals surface area contributed by atoms with Gasteiger partial charge in [0.25, 0.3) is 0 Å². The summed E-state index contributed by atoms with van der Waals surface area (Å²) in [6.45, 7) is 0.855. The molecule has 3 N–H and O–H groups in total. The maximum absolute atomic E-state index is 11.1. The van der Waals surface area contributed by atoms with Crippen LogP contribution in [0.3, 0.4) is 0 Å². The van der Waals surface area contributed by atoms with E-state index in [1.165, 1.54) is 10.8 Å². The second-order valence-electron chi connectivity index (χ2n) is 7.67. The lowest BCUT2D eigenvalue weighted by Gasteiger charge is -2.11. The first kappa shape index (κ1) is 20.4. The van der Waals surface area contributed by atoms with Gasteiger partial charge in [0.15, 0.2) is 17.0 Å². The summed E-state index contributed by atoms with van der Waals surface area (Å²) < 4.78 is 1.96. The van der Waals surface area contributed by atoms with Gasteiger partial charge in [-0.1, -0.05) is 72.8 Å². The van der Waals surface area contributed by atoms with Gasteiger partial charge in [0.05, 0.1) is 12.9 Å². The second kappa shape index (κ2) is 8.96. The van der Waals surface area contributed by atoms with Crippen LogP contribution >= 0.6 is 0 Å². The van der Waals surface area contributed by atoms with E-state index in [4.69, 9.17) is 10.1 Å². The largest absolute Gasteiger partial charge is 0.480 e. The van der Waals surface area contributed by atoms with Crippen molar-refractivity contribution in [2.24, 2.45) is 0 Å². The highest BCUT2D eigenvalue weighted by Gasteiger charge is 2.15. The SMILES string of the molecule is O=C(O)CNc1nc(NCc2ccccc2)nc2c1ncn2Cc1cccc2ccccc12. The van der Waals surface area contributed by atoms with E-state index in [-0.39, 0.29) is 6.54 Å². The molecule has 8 heteroatoms. The highest BCUT2D eigenvalue weighted by molar-refractivity contribution is 5.87. The minimum Gasteiger partial charge on any atom is -0.480 e. The van der Waals surface area contributed by atoms with Gasteiger partial charge < -0.3 is 20.3 Å². The molecule has 0 unspecified atom stereocenters. The van der Waals surface area contributed by atoms with E-state index >= 15 is 0 Å². The fraction of sp³-hybridized carbons (Fsp3) is 0.120. The van der Waals surface area contributed by atoms with Crippen LogP contribution in [0.15, 0.2) is 79.1 Å². The number of nitrogens with zero attached hydrogens (tertiary/aromatic N) is 4. The minimum absolute atomic E-state index is 0.263. The van der Waals surface area contributed by atoms with Crippen LogP contribution in [0.1, 0.15) is 11.1 Å². The lowest BCUT2D eigenvalue weighted by Crippen LogP contribution is -2.15. The average Bonchev–Trinajstić information content (AvgIpc) is 3.25. The molecule has 0 saturated carbocycles. The molecule has 0 aliphatic heterocycles. The van der Waals surface area contributed by atoms with E-state index in [1.807, 2.05) is 53.1 Å². The normalized spacial score (nSPS) is 11.0. The number of imidazole rings is 1. The van der Waals surface area contributed by atoms with Gasteiger partial charge in [-0.05, 0) is 21.9 Å². The van der Waals surface area contributed by atoms with Crippen LogP contribution in [0.2, 0.25) is 0 Å². The topological polar surface area (TPSA) is 105 Å². The van der Waals surface area contributed by atoms with Crippen molar-refractivity contribution in [2.45, 2.75) is 13.1 Å². The zero-order valence-corrected chi connectivity index (χ0v) is 17.8. The third-order valence-electron chi connectivity index (χ3n) is 5.39. The van der Waals surface area contributed by atoms with E-state index < -0.39 is 5.97 Å². The summed E-state index contributed by atoms with van der Waals surface area (Å²) in [5.74, 6) is -0.190. The fourth-order valence-electron chi connectivity index (χ4n) is 3.81. The third kappa shape index (κ3) is 4.45. The van der Waals surface area contributed by atoms with Crippen LogP contribution in [0.25, 0.3) is 21.9 Å². The van der Waals surface area contributed by atoms with E-state index in [0.29, 0.717) is 36.0 Å². The Morgan fingerprint density at radius 2 is 1.70 bits per heavy atom. The molecule has 0 saturated heterocycles. The molecule has 33 heavy (non-hydrogen) atoms. The van der Waals surface area contributed by atoms with Crippen molar-refractivity contribution in [3.8, 4) is 0 Å². The zero-order valence-electron chi connectivity index (χ0n) is 17.8. The van der Waals surface area contributed by atoms with Crippen molar-refractivity contribution in [3.63, 3.8) is 0 Å². The molecule has 2 heterocycles. The molecular weight excluding hydrogens is 416 g/mol. The van der Waals surface area contributed by atoms with Crippen molar-refractivity contribution < 1.29 is 9.90 Å². The Morgan fingerprint density at radius 3 is 2.55 bits per heavy atom. The second-order valence-corrected chi connectivity index (χ2v) is 7.67. The van der Waals surface area contributed by atoms with E-state index in [2.05, 4.69) is 44.9 Å². The van der Waals surface area contributed by atoms with Crippen LogP contribution in [0, 0.1) is 0 Å². The lowest BCUT2D eigenvalue weighted by atomic mass is 10.0. The molecule has 0 aliphatic carbocycles. The maximum Gasteiger partial charge on any atom is 0.322 e. The number of fused-ring (bicyclic) bond motifs is 2. The number of aliphatic carboxylic acids is 1. The Labute approximate surface area is 190 Å². The molecule has 2 aromatic heterocycles. The molecule has 0 bridgehead atoms. The number of hydrogen-bond acceptors (Lipinski definition) is 6. The first-order valence-corrected chi connectivity index (χ1v) is 10.6. The van der Waals surface area contributed by atoms with Gasteiger partial charge in [-0.2, -0.15) is 9.97 Å². The van der Waals surface area contributed by atoms with Gasteiger partial charge in [0.1, 0.15) is 6.54 Å². The smallest absolute Gasteiger partial charge is 0.322 e. The zero-order chi connectivity index (χ0) is 22.6. The summed E-state index contributed by atoms with van der Waals surface area (Å²) in [6.07, 6.45) is 1.72. The van der Waals surface area contributed by atoms with Crippen molar-refractivity contribution in [3.05, 3.63) is 90.3 Å². The Kier molecular flexibility index (Phi) is 5.55. The molecule has 164 valence electrons. The Hall–Kier alpha value is -4.46. The molecular formula is C25H22N6O2. The summed E-state index contributed by atoms with van der Waals surface area (Å²) in [7, 11) is 0. The summed E-state index contributed by atoms with van der Waals surface area (Å²) >= 11 is 0. The summed E-state index contributed by atoms with van der Waals surface area (Å²) in [5.41, 5.74) is 3.39. The molecule has 5 aromatic rings. The van der Waals surface area contributed by atoms with Crippen LogP contribution in [0.5, 0.6) is 0 Å². The molecule has 0 aliphatic rings. The van der Waals surface area contributed by atoms with Gasteiger partial charge in [0.2, 0.25) is 5.95 Å². The van der Waals surface area contributed by atoms with Crippen molar-refractivity contribution in [1.82, 2.24) is 19.5 Å². The van der Waals surface area contributed by atoms with Gasteiger partial charge in [-0.25, -0.2) is 4.98 Å². The lowest BCUT2D eigenvalue weighted by molar-refractivity contribution is -0.134. The molecule has 3 aromatic carbocycles. The number of carbonyl (C=O) groups is 1. The van der Waals surface area contributed by atoms with Crippen LogP contribution in [-0.4, -0.2) is 37.1 Å². The highest BCUT2D eigenvalue weighted by Crippen LogP contribution is 2.24. The number of carboxylic acids is 1. The van der Waals surface area contributed by atoms with Gasteiger partial charge in [-0.3, -0.25) is 4.79 Å². The Morgan fingerprint density at radius 1 is 0.909 bits per heavy atom. The molecule has 0 radical (unpaired) electrons. The number of aromatic nitrogens is 4. The van der Waals surface area contributed by atoms with Crippen molar-refractivity contribution >= 4 is 39.7 Å². The predicted octanol–water partition coefficient (Wildman–Crippen LogP) is 4.14. The van der Waals surface area contributed by atoms with E-state index in [9.17, 15) is 4.79 Å². The number of hydrogen-bond donors (Lipinski definition) is 3. The quantitative estimate of drug-likeness (QED) is 0.334. The number of rotatable bonds is 8. The Balaban J connectivity index is 1.52. The maximum atomic E-state index is 11.1. The number of anilines is 2. The van der Waals surface area contributed by atoms with E-state index in [1.54, 1.807) is 6.33 Å². The standard InChI is InChI=1S/C25H22N6O2/c32-21(33)14-26-23-22-24(30-25(29-23)27-13-17-7-2-1-3-8-17)31(16-28-22)15-19-11-6-10-18-9-4-5-12-20(18)19/h1-12,16H,13-15H2,(H,32,33)(H2,26,27,29,30). The number of nitrogens with one attached hydrogen (secondary N) is 2. The molecule has 8 nitrogen and oxygen atoms in total. The fourth-order valence-corrected chi connectivity index (χ4v) is 3.81. The molecule has 0 amide bonds. The minimum atomic E-state index is -0.976. The highest BCUT2D eigenvalue weighted by atomic mass is 16.4. The molecule has 0 atom stereocenters. The molecule has 5 rings (SSSR count). The van der Waals surface area contributed by atoms with Crippen molar-refractivity contribution in [1.29, 1.82) is 0 Å². The number of benzene rings is 3. The van der Waals surface area contributed by atoms with Gasteiger partial charge in [0, 0.05) is 6.54 Å². The summed E-state index contributed by atoms with van der Waals surface area (Å²) in [6, 6.07) is 24.4. The number of carboxylic acid groups (broad SMARTS) is 1.